The number of hydrazone groups is 1. The van der Waals surface area contributed by atoms with Gasteiger partial charge in [0.25, 0.3) is 0 Å². The number of para-hydroxylation sites is 2. The number of rotatable bonds is 3. The molecule has 4 nitrogen and oxygen atoms in total. The molecule has 1 aromatic rings. The molecule has 4 heteroatoms. The first-order chi connectivity index (χ1) is 6.24. The molecule has 1 aromatic carbocycles. The number of aldehydes is 1. The van der Waals surface area contributed by atoms with Crippen LogP contribution in [-0.4, -0.2) is 12.0 Å². The number of hydrogen-bond donors (Lipinski definition) is 2. The summed E-state index contributed by atoms with van der Waals surface area (Å²) < 4.78 is 0. The molecule has 0 aliphatic heterocycles. The first-order valence-corrected chi connectivity index (χ1v) is 3.84. The fourth-order valence-electron chi connectivity index (χ4n) is 0.774. The normalized spacial score (nSPS) is 11.0. The highest BCUT2D eigenvalue weighted by atomic mass is 16.1. The maximum absolute atomic E-state index is 10.2. The van der Waals surface area contributed by atoms with Crippen molar-refractivity contribution in [1.29, 1.82) is 0 Å². The van der Waals surface area contributed by atoms with Gasteiger partial charge in [0.15, 0.2) is 6.29 Å². The highest BCUT2D eigenvalue weighted by Gasteiger charge is 1.94. The number of hydrogen-bond acceptors (Lipinski definition) is 4. The van der Waals surface area contributed by atoms with E-state index < -0.39 is 0 Å². The number of carbonyl (C=O) groups excluding carboxylic acids is 1. The van der Waals surface area contributed by atoms with Gasteiger partial charge in [-0.1, -0.05) is 12.1 Å². The second-order valence-electron chi connectivity index (χ2n) is 2.57. The van der Waals surface area contributed by atoms with Crippen LogP contribution in [0.25, 0.3) is 0 Å². The van der Waals surface area contributed by atoms with Gasteiger partial charge in [-0.2, -0.15) is 5.10 Å². The summed E-state index contributed by atoms with van der Waals surface area (Å²) in [7, 11) is 0. The predicted octanol–water partition coefficient (Wildman–Crippen LogP) is 1.26. The van der Waals surface area contributed by atoms with Crippen LogP contribution in [0.2, 0.25) is 0 Å². The molecular formula is C9H11N3O. The number of nitrogen functional groups attached to an aromatic ring is 1. The predicted molar refractivity (Wildman–Crippen MR) is 53.7 cm³/mol. The summed E-state index contributed by atoms with van der Waals surface area (Å²) in [6.45, 7) is 1.61. The van der Waals surface area contributed by atoms with Crippen LogP contribution >= 0.6 is 0 Å². The lowest BCUT2D eigenvalue weighted by Crippen LogP contribution is -2.00. The first-order valence-electron chi connectivity index (χ1n) is 3.84. The van der Waals surface area contributed by atoms with E-state index in [0.29, 0.717) is 23.4 Å². The molecule has 0 spiro atoms. The Balaban J connectivity index is 2.75. The van der Waals surface area contributed by atoms with Gasteiger partial charge in [-0.3, -0.25) is 10.2 Å². The Bertz CT molecular complexity index is 333. The van der Waals surface area contributed by atoms with E-state index >= 15 is 0 Å². The van der Waals surface area contributed by atoms with E-state index in [-0.39, 0.29) is 0 Å². The SMILES string of the molecule is CC(C=O)=NNc1ccccc1N. The van der Waals surface area contributed by atoms with E-state index in [9.17, 15) is 4.79 Å². The third-order valence-electron chi connectivity index (χ3n) is 1.48. The molecule has 0 aliphatic rings. The second-order valence-corrected chi connectivity index (χ2v) is 2.57. The zero-order chi connectivity index (χ0) is 9.68. The molecule has 13 heavy (non-hydrogen) atoms. The molecular weight excluding hydrogens is 166 g/mol. The fraction of sp³-hybridized carbons (Fsp3) is 0.111. The molecule has 0 unspecified atom stereocenters. The van der Waals surface area contributed by atoms with Crippen molar-refractivity contribution in [2.75, 3.05) is 11.2 Å². The number of benzene rings is 1. The Morgan fingerprint density at radius 2 is 2.23 bits per heavy atom. The Morgan fingerprint density at radius 3 is 2.85 bits per heavy atom. The Labute approximate surface area is 76.4 Å². The standard InChI is InChI=1S/C9H11N3O/c1-7(6-13)11-12-9-5-3-2-4-8(9)10/h2-6,12H,10H2,1H3. The summed E-state index contributed by atoms with van der Waals surface area (Å²) in [5.74, 6) is 0. The van der Waals surface area contributed by atoms with Crippen molar-refractivity contribution < 1.29 is 4.79 Å². The van der Waals surface area contributed by atoms with Gasteiger partial charge in [0.2, 0.25) is 0 Å². The van der Waals surface area contributed by atoms with Crippen LogP contribution in [0.3, 0.4) is 0 Å². The molecule has 0 heterocycles. The van der Waals surface area contributed by atoms with Gasteiger partial charge in [-0.15, -0.1) is 0 Å². The van der Waals surface area contributed by atoms with Crippen LogP contribution in [0.1, 0.15) is 6.92 Å². The van der Waals surface area contributed by atoms with Crippen LogP contribution in [0, 0.1) is 0 Å². The zero-order valence-corrected chi connectivity index (χ0v) is 7.32. The van der Waals surface area contributed by atoms with Crippen molar-refractivity contribution in [3.05, 3.63) is 24.3 Å². The van der Waals surface area contributed by atoms with Crippen molar-refractivity contribution in [2.24, 2.45) is 5.10 Å². The van der Waals surface area contributed by atoms with Gasteiger partial charge in [-0.05, 0) is 19.1 Å². The maximum atomic E-state index is 10.2. The van der Waals surface area contributed by atoms with Gasteiger partial charge < -0.3 is 5.73 Å². The maximum Gasteiger partial charge on any atom is 0.165 e. The molecule has 68 valence electrons. The molecule has 0 fully saturated rings. The molecule has 0 saturated carbocycles. The molecule has 0 bridgehead atoms. The van der Waals surface area contributed by atoms with E-state index in [0.717, 1.165) is 0 Å². The monoisotopic (exact) mass is 177 g/mol. The summed E-state index contributed by atoms with van der Waals surface area (Å²) >= 11 is 0. The first kappa shape index (κ1) is 9.25. The Hall–Kier alpha value is -1.84. The lowest BCUT2D eigenvalue weighted by Gasteiger charge is -2.03. The minimum atomic E-state index is 0.378. The summed E-state index contributed by atoms with van der Waals surface area (Å²) in [5.41, 5.74) is 10.0. The lowest BCUT2D eigenvalue weighted by molar-refractivity contribution is -0.102. The van der Waals surface area contributed by atoms with E-state index in [1.807, 2.05) is 12.1 Å². The molecule has 3 N–H and O–H groups in total. The largest absolute Gasteiger partial charge is 0.397 e. The van der Waals surface area contributed by atoms with E-state index in [1.165, 1.54) is 0 Å². The summed E-state index contributed by atoms with van der Waals surface area (Å²) in [6.07, 6.45) is 0.673. The van der Waals surface area contributed by atoms with E-state index in [4.69, 9.17) is 5.73 Å². The zero-order valence-electron chi connectivity index (χ0n) is 7.32. The van der Waals surface area contributed by atoms with Gasteiger partial charge in [0, 0.05) is 0 Å². The topological polar surface area (TPSA) is 67.5 Å². The minimum absolute atomic E-state index is 0.378. The minimum Gasteiger partial charge on any atom is -0.397 e. The molecule has 0 aromatic heterocycles. The quantitative estimate of drug-likeness (QED) is 0.316. The summed E-state index contributed by atoms with van der Waals surface area (Å²) in [5, 5.41) is 3.79. The highest BCUT2D eigenvalue weighted by Crippen LogP contribution is 2.16. The molecule has 0 atom stereocenters. The van der Waals surface area contributed by atoms with E-state index in [2.05, 4.69) is 10.5 Å². The van der Waals surface area contributed by atoms with Crippen LogP contribution in [0.5, 0.6) is 0 Å². The van der Waals surface area contributed by atoms with Crippen LogP contribution in [0.15, 0.2) is 29.4 Å². The van der Waals surface area contributed by atoms with Crippen LogP contribution < -0.4 is 11.2 Å². The van der Waals surface area contributed by atoms with Crippen molar-refractivity contribution >= 4 is 23.4 Å². The fourth-order valence-corrected chi connectivity index (χ4v) is 0.774. The average molecular weight is 177 g/mol. The van der Waals surface area contributed by atoms with Gasteiger partial charge >= 0.3 is 0 Å². The lowest BCUT2D eigenvalue weighted by atomic mass is 10.3. The van der Waals surface area contributed by atoms with Crippen molar-refractivity contribution in [3.8, 4) is 0 Å². The Morgan fingerprint density at radius 1 is 1.54 bits per heavy atom. The summed E-state index contributed by atoms with van der Waals surface area (Å²) in [6, 6.07) is 7.21. The second kappa shape index (κ2) is 4.25. The molecule has 0 aliphatic carbocycles. The van der Waals surface area contributed by atoms with Crippen LogP contribution in [0.4, 0.5) is 11.4 Å². The molecule has 1 rings (SSSR count). The number of carbonyl (C=O) groups is 1. The third-order valence-corrected chi connectivity index (χ3v) is 1.48. The number of anilines is 2. The van der Waals surface area contributed by atoms with Crippen molar-refractivity contribution in [2.45, 2.75) is 6.92 Å². The smallest absolute Gasteiger partial charge is 0.165 e. The van der Waals surface area contributed by atoms with Gasteiger partial charge in [0.1, 0.15) is 0 Å². The molecule has 0 saturated heterocycles. The van der Waals surface area contributed by atoms with Gasteiger partial charge in [-0.25, -0.2) is 0 Å². The Kier molecular flexibility index (Phi) is 3.03. The average Bonchev–Trinajstić information content (AvgIpc) is 2.16. The molecule has 0 radical (unpaired) electrons. The van der Waals surface area contributed by atoms with Crippen molar-refractivity contribution in [3.63, 3.8) is 0 Å². The number of nitrogens with zero attached hydrogens (tertiary/aromatic N) is 1. The van der Waals surface area contributed by atoms with Crippen molar-refractivity contribution in [1.82, 2.24) is 0 Å². The third kappa shape index (κ3) is 2.59. The van der Waals surface area contributed by atoms with E-state index in [1.54, 1.807) is 19.1 Å². The number of nitrogens with one attached hydrogen (secondary N) is 1. The van der Waals surface area contributed by atoms with Crippen LogP contribution in [-0.2, 0) is 4.79 Å². The highest BCUT2D eigenvalue weighted by molar-refractivity contribution is 6.27. The summed E-state index contributed by atoms with van der Waals surface area (Å²) in [4.78, 5) is 10.2. The van der Waals surface area contributed by atoms with Gasteiger partial charge in [0.05, 0.1) is 17.1 Å². The number of nitrogens with two attached hydrogens (primary N) is 1. The molecule has 0 amide bonds.